The molecule has 2 heterocycles. The summed E-state index contributed by atoms with van der Waals surface area (Å²) in [5, 5.41) is 0. The second kappa shape index (κ2) is 11.6. The van der Waals surface area contributed by atoms with Crippen molar-refractivity contribution in [2.45, 2.75) is 51.0 Å². The Morgan fingerprint density at radius 2 is 1.64 bits per heavy atom. The largest absolute Gasteiger partial charge is 0.377 e. The molecule has 0 aromatic heterocycles. The van der Waals surface area contributed by atoms with Gasteiger partial charge < -0.3 is 20.3 Å². The van der Waals surface area contributed by atoms with E-state index in [9.17, 15) is 4.79 Å². The van der Waals surface area contributed by atoms with Crippen molar-refractivity contribution in [3.63, 3.8) is 0 Å². The van der Waals surface area contributed by atoms with Crippen LogP contribution < -0.4 is 5.73 Å². The molecule has 2 N–H and O–H groups in total. The van der Waals surface area contributed by atoms with E-state index in [-0.39, 0.29) is 30.7 Å². The minimum atomic E-state index is 0. The number of carbonyl (C=O) groups is 1. The standard InChI is InChI=1S/C18H33N3O2.2ClH/c19-14-15-4-3-5-17(15)18(22)21-10-6-16(7-11-21)23-13-12-20-8-1-2-9-20;;/h15-17H,1-14,19H2;2*1H/t15-,17-;;/m1../s1. The van der Waals surface area contributed by atoms with Gasteiger partial charge in [-0.25, -0.2) is 0 Å². The van der Waals surface area contributed by atoms with Crippen molar-refractivity contribution in [3.05, 3.63) is 0 Å². The van der Waals surface area contributed by atoms with Crippen LogP contribution >= 0.6 is 24.8 Å². The molecule has 2 saturated heterocycles. The Kier molecular flexibility index (Phi) is 10.7. The van der Waals surface area contributed by atoms with Crippen LogP contribution in [0.3, 0.4) is 0 Å². The Morgan fingerprint density at radius 3 is 2.28 bits per heavy atom. The van der Waals surface area contributed by atoms with E-state index in [4.69, 9.17) is 10.5 Å². The molecule has 5 nitrogen and oxygen atoms in total. The van der Waals surface area contributed by atoms with Crippen LogP contribution in [0.4, 0.5) is 0 Å². The number of halogens is 2. The van der Waals surface area contributed by atoms with Crippen molar-refractivity contribution in [2.75, 3.05) is 45.9 Å². The fraction of sp³-hybridized carbons (Fsp3) is 0.944. The number of rotatable bonds is 6. The number of piperidine rings is 1. The highest BCUT2D eigenvalue weighted by atomic mass is 35.5. The van der Waals surface area contributed by atoms with Gasteiger partial charge >= 0.3 is 0 Å². The molecule has 0 aromatic carbocycles. The molecule has 0 bridgehead atoms. The average molecular weight is 396 g/mol. The van der Waals surface area contributed by atoms with Gasteiger partial charge in [0.25, 0.3) is 0 Å². The molecule has 1 aliphatic carbocycles. The minimum absolute atomic E-state index is 0. The van der Waals surface area contributed by atoms with Crippen LogP contribution in [-0.2, 0) is 9.53 Å². The predicted molar refractivity (Wildman–Crippen MR) is 106 cm³/mol. The molecule has 1 saturated carbocycles. The number of carbonyl (C=O) groups excluding carboxylic acids is 1. The highest BCUT2D eigenvalue weighted by molar-refractivity contribution is 5.85. The predicted octanol–water partition coefficient (Wildman–Crippen LogP) is 2.31. The van der Waals surface area contributed by atoms with Crippen LogP contribution in [0.15, 0.2) is 0 Å². The van der Waals surface area contributed by atoms with Crippen LogP contribution in [0.25, 0.3) is 0 Å². The van der Waals surface area contributed by atoms with E-state index < -0.39 is 0 Å². The maximum Gasteiger partial charge on any atom is 0.226 e. The van der Waals surface area contributed by atoms with Crippen molar-refractivity contribution in [2.24, 2.45) is 17.6 Å². The van der Waals surface area contributed by atoms with Gasteiger partial charge in [-0.2, -0.15) is 0 Å². The van der Waals surface area contributed by atoms with Crippen molar-refractivity contribution in [1.29, 1.82) is 0 Å². The fourth-order valence-corrected chi connectivity index (χ4v) is 4.48. The SMILES string of the molecule is Cl.Cl.NC[C@H]1CCC[C@H]1C(=O)N1CCC(OCCN2CCCC2)CC1. The summed E-state index contributed by atoms with van der Waals surface area (Å²) in [6.45, 7) is 6.77. The maximum atomic E-state index is 12.7. The zero-order valence-electron chi connectivity index (χ0n) is 15.2. The zero-order valence-corrected chi connectivity index (χ0v) is 16.9. The van der Waals surface area contributed by atoms with Crippen LogP contribution in [0.1, 0.15) is 44.9 Å². The Hall–Kier alpha value is -0.0700. The Morgan fingerprint density at radius 1 is 0.960 bits per heavy atom. The lowest BCUT2D eigenvalue weighted by molar-refractivity contribution is -0.139. The number of nitrogens with zero attached hydrogens (tertiary/aromatic N) is 2. The second-order valence-electron chi connectivity index (χ2n) is 7.48. The third kappa shape index (κ3) is 6.24. The van der Waals surface area contributed by atoms with Gasteiger partial charge in [0.05, 0.1) is 12.7 Å². The van der Waals surface area contributed by atoms with E-state index in [0.717, 1.165) is 58.3 Å². The molecule has 3 aliphatic rings. The van der Waals surface area contributed by atoms with E-state index in [1.54, 1.807) is 0 Å². The summed E-state index contributed by atoms with van der Waals surface area (Å²) in [7, 11) is 0. The highest BCUT2D eigenvalue weighted by Crippen LogP contribution is 2.33. The van der Waals surface area contributed by atoms with E-state index in [2.05, 4.69) is 9.80 Å². The molecule has 0 radical (unpaired) electrons. The first-order valence-corrected chi connectivity index (χ1v) is 9.60. The fourth-order valence-electron chi connectivity index (χ4n) is 4.48. The Bertz CT molecular complexity index is 387. The third-order valence-corrected chi connectivity index (χ3v) is 5.99. The molecule has 3 rings (SSSR count). The molecular formula is C18H35Cl2N3O2. The monoisotopic (exact) mass is 395 g/mol. The summed E-state index contributed by atoms with van der Waals surface area (Å²) in [5.74, 6) is 0.957. The van der Waals surface area contributed by atoms with Crippen LogP contribution in [0.2, 0.25) is 0 Å². The average Bonchev–Trinajstić information content (AvgIpc) is 3.26. The van der Waals surface area contributed by atoms with Gasteiger partial charge in [-0.3, -0.25) is 4.79 Å². The van der Waals surface area contributed by atoms with E-state index in [1.165, 1.54) is 25.9 Å². The summed E-state index contributed by atoms with van der Waals surface area (Å²) < 4.78 is 6.04. The smallest absolute Gasteiger partial charge is 0.226 e. The first-order chi connectivity index (χ1) is 11.3. The quantitative estimate of drug-likeness (QED) is 0.749. The summed E-state index contributed by atoms with van der Waals surface area (Å²) in [6.07, 6.45) is 8.33. The molecule has 25 heavy (non-hydrogen) atoms. The van der Waals surface area contributed by atoms with Gasteiger partial charge in [0.15, 0.2) is 0 Å². The molecule has 3 fully saturated rings. The van der Waals surface area contributed by atoms with Crippen molar-refractivity contribution in [1.82, 2.24) is 9.80 Å². The molecule has 0 unspecified atom stereocenters. The first-order valence-electron chi connectivity index (χ1n) is 9.60. The molecule has 2 aliphatic heterocycles. The Balaban J connectivity index is 0.00000156. The van der Waals surface area contributed by atoms with E-state index in [0.29, 0.717) is 24.5 Å². The summed E-state index contributed by atoms with van der Waals surface area (Å²) in [4.78, 5) is 17.2. The third-order valence-electron chi connectivity index (χ3n) is 5.99. The first kappa shape index (κ1) is 23.0. The number of nitrogens with two attached hydrogens (primary N) is 1. The summed E-state index contributed by atoms with van der Waals surface area (Å²) >= 11 is 0. The van der Waals surface area contributed by atoms with E-state index in [1.807, 2.05) is 0 Å². The maximum absolute atomic E-state index is 12.7. The van der Waals surface area contributed by atoms with Gasteiger partial charge in [-0.15, -0.1) is 24.8 Å². The lowest BCUT2D eigenvalue weighted by Gasteiger charge is -2.34. The molecule has 148 valence electrons. The molecule has 7 heteroatoms. The molecule has 0 aromatic rings. The van der Waals surface area contributed by atoms with Gasteiger partial charge in [0, 0.05) is 25.6 Å². The van der Waals surface area contributed by atoms with Crippen LogP contribution in [0.5, 0.6) is 0 Å². The number of amides is 1. The van der Waals surface area contributed by atoms with Crippen LogP contribution in [-0.4, -0.2) is 67.7 Å². The number of hydrogen-bond acceptors (Lipinski definition) is 4. The van der Waals surface area contributed by atoms with Gasteiger partial charge in [0.1, 0.15) is 0 Å². The van der Waals surface area contributed by atoms with Crippen molar-refractivity contribution in [3.8, 4) is 0 Å². The van der Waals surface area contributed by atoms with E-state index >= 15 is 0 Å². The van der Waals surface area contributed by atoms with Gasteiger partial charge in [-0.1, -0.05) is 6.42 Å². The summed E-state index contributed by atoms with van der Waals surface area (Å²) in [6, 6.07) is 0. The number of ether oxygens (including phenoxy) is 1. The molecule has 2 atom stereocenters. The highest BCUT2D eigenvalue weighted by Gasteiger charge is 2.35. The minimum Gasteiger partial charge on any atom is -0.377 e. The number of hydrogen-bond donors (Lipinski definition) is 1. The van der Waals surface area contributed by atoms with Crippen LogP contribution in [0, 0.1) is 11.8 Å². The second-order valence-corrected chi connectivity index (χ2v) is 7.48. The molecule has 1 amide bonds. The lowest BCUT2D eigenvalue weighted by atomic mass is 9.93. The zero-order chi connectivity index (χ0) is 16.1. The molecular weight excluding hydrogens is 361 g/mol. The molecule has 0 spiro atoms. The van der Waals surface area contributed by atoms with Gasteiger partial charge in [0.2, 0.25) is 5.91 Å². The number of likely N-dealkylation sites (tertiary alicyclic amines) is 2. The summed E-state index contributed by atoms with van der Waals surface area (Å²) in [5.41, 5.74) is 5.83. The lowest BCUT2D eigenvalue weighted by Crippen LogP contribution is -2.45. The van der Waals surface area contributed by atoms with Crippen molar-refractivity contribution < 1.29 is 9.53 Å². The topological polar surface area (TPSA) is 58.8 Å². The normalized spacial score (nSPS) is 27.8. The van der Waals surface area contributed by atoms with Gasteiger partial charge in [-0.05, 0) is 64.1 Å². The Labute approximate surface area is 164 Å². The van der Waals surface area contributed by atoms with Crippen molar-refractivity contribution >= 4 is 30.7 Å².